The van der Waals surface area contributed by atoms with E-state index >= 15 is 0 Å². The molecule has 0 bridgehead atoms. The Morgan fingerprint density at radius 3 is 2.65 bits per heavy atom. The largest absolute Gasteiger partial charge is 0.339 e. The molecule has 0 spiro atoms. The molecule has 7 nitrogen and oxygen atoms in total. The van der Waals surface area contributed by atoms with Crippen LogP contribution in [0, 0.1) is 0 Å². The van der Waals surface area contributed by atoms with Crippen LogP contribution in [0.25, 0.3) is 16.7 Å². The molecule has 0 radical (unpaired) electrons. The summed E-state index contributed by atoms with van der Waals surface area (Å²) in [6.07, 6.45) is 4.30. The van der Waals surface area contributed by atoms with Crippen LogP contribution in [0.4, 0.5) is 0 Å². The summed E-state index contributed by atoms with van der Waals surface area (Å²) in [6.45, 7) is 5.31. The Labute approximate surface area is 202 Å². The van der Waals surface area contributed by atoms with Crippen molar-refractivity contribution in [3.05, 3.63) is 70.5 Å². The van der Waals surface area contributed by atoms with Crippen molar-refractivity contribution in [2.24, 2.45) is 0 Å². The van der Waals surface area contributed by atoms with Gasteiger partial charge in [0, 0.05) is 12.6 Å². The lowest BCUT2D eigenvalue weighted by Crippen LogP contribution is -2.46. The molecule has 8 heteroatoms. The zero-order valence-corrected chi connectivity index (χ0v) is 20.4. The van der Waals surface area contributed by atoms with Crippen molar-refractivity contribution in [3.63, 3.8) is 0 Å². The van der Waals surface area contributed by atoms with E-state index in [4.69, 9.17) is 0 Å². The van der Waals surface area contributed by atoms with Crippen LogP contribution in [0.15, 0.2) is 64.5 Å². The molecule has 2 unspecified atom stereocenters. The molecule has 3 heterocycles. The Balaban J connectivity index is 1.55. The van der Waals surface area contributed by atoms with Crippen molar-refractivity contribution in [1.82, 2.24) is 24.1 Å². The highest BCUT2D eigenvalue weighted by atomic mass is 32.2. The lowest BCUT2D eigenvalue weighted by Gasteiger charge is -2.36. The van der Waals surface area contributed by atoms with Crippen molar-refractivity contribution in [1.29, 1.82) is 0 Å². The summed E-state index contributed by atoms with van der Waals surface area (Å²) in [5.41, 5.74) is 1.67. The molecule has 1 fully saturated rings. The summed E-state index contributed by atoms with van der Waals surface area (Å²) in [6, 6.07) is 17.7. The normalized spacial score (nSPS) is 17.4. The van der Waals surface area contributed by atoms with E-state index in [9.17, 15) is 9.59 Å². The van der Waals surface area contributed by atoms with Crippen molar-refractivity contribution >= 4 is 34.3 Å². The van der Waals surface area contributed by atoms with E-state index in [-0.39, 0.29) is 16.7 Å². The maximum atomic E-state index is 13.4. The Kier molecular flexibility index (Phi) is 6.41. The Bertz CT molecular complexity index is 1380. The highest BCUT2D eigenvalue weighted by molar-refractivity contribution is 8.00. The number of hydrogen-bond acceptors (Lipinski definition) is 5. The van der Waals surface area contributed by atoms with Crippen molar-refractivity contribution in [2.75, 3.05) is 6.54 Å². The molecule has 176 valence electrons. The highest BCUT2D eigenvalue weighted by Crippen LogP contribution is 2.29. The summed E-state index contributed by atoms with van der Waals surface area (Å²) >= 11 is 1.41. The predicted molar refractivity (Wildman–Crippen MR) is 135 cm³/mol. The molecule has 1 aliphatic rings. The third-order valence-corrected chi connectivity index (χ3v) is 7.70. The van der Waals surface area contributed by atoms with Crippen molar-refractivity contribution in [2.45, 2.75) is 62.5 Å². The first-order valence-corrected chi connectivity index (χ1v) is 12.8. The van der Waals surface area contributed by atoms with Gasteiger partial charge in [-0.3, -0.25) is 18.6 Å². The fraction of sp³-hybridized carbons (Fsp3) is 0.385. The van der Waals surface area contributed by atoms with E-state index < -0.39 is 0 Å². The summed E-state index contributed by atoms with van der Waals surface area (Å²) in [7, 11) is 0. The maximum absolute atomic E-state index is 13.4. The van der Waals surface area contributed by atoms with E-state index in [2.05, 4.69) is 17.1 Å². The number of nitrogens with zero attached hydrogens (tertiary/aromatic N) is 5. The summed E-state index contributed by atoms with van der Waals surface area (Å²) in [4.78, 5) is 28.8. The molecule has 1 saturated heterocycles. The van der Waals surface area contributed by atoms with Gasteiger partial charge in [-0.05, 0) is 50.3 Å². The number of carbonyl (C=O) groups is 1. The van der Waals surface area contributed by atoms with Crippen LogP contribution in [0.2, 0.25) is 0 Å². The number of carbonyl (C=O) groups excluding carboxylic acids is 1. The van der Waals surface area contributed by atoms with Gasteiger partial charge in [0.1, 0.15) is 0 Å². The summed E-state index contributed by atoms with van der Waals surface area (Å²) in [5.74, 6) is 0.634. The predicted octanol–water partition coefficient (Wildman–Crippen LogP) is 4.36. The molecule has 0 aliphatic carbocycles. The summed E-state index contributed by atoms with van der Waals surface area (Å²) < 4.78 is 3.58. The minimum absolute atomic E-state index is 0.0980. The molecular weight excluding hydrogens is 446 g/mol. The van der Waals surface area contributed by atoms with E-state index in [1.54, 1.807) is 4.57 Å². The van der Waals surface area contributed by atoms with Gasteiger partial charge in [0.15, 0.2) is 5.16 Å². The Morgan fingerprint density at radius 1 is 1.09 bits per heavy atom. The molecule has 5 rings (SSSR count). The molecule has 0 saturated carbocycles. The van der Waals surface area contributed by atoms with Crippen LogP contribution in [0.1, 0.15) is 45.1 Å². The van der Waals surface area contributed by atoms with Crippen LogP contribution in [-0.4, -0.2) is 47.8 Å². The molecule has 0 N–H and O–H groups in total. The first-order chi connectivity index (χ1) is 16.6. The van der Waals surface area contributed by atoms with Gasteiger partial charge in [0.25, 0.3) is 5.56 Å². The van der Waals surface area contributed by atoms with Gasteiger partial charge in [-0.2, -0.15) is 0 Å². The van der Waals surface area contributed by atoms with E-state index in [0.717, 1.165) is 36.9 Å². The number of benzene rings is 2. The lowest BCUT2D eigenvalue weighted by molar-refractivity contribution is -0.134. The molecule has 2 aromatic carbocycles. The topological polar surface area (TPSA) is 72.5 Å². The number of para-hydroxylation sites is 1. The monoisotopic (exact) mass is 475 g/mol. The van der Waals surface area contributed by atoms with Crippen LogP contribution < -0.4 is 5.56 Å². The first-order valence-electron chi connectivity index (χ1n) is 12.0. The number of hydrogen-bond donors (Lipinski definition) is 0. The lowest BCUT2D eigenvalue weighted by atomic mass is 10.00. The number of fused-ring (bicyclic) bond motifs is 3. The van der Waals surface area contributed by atoms with Gasteiger partial charge in [0.05, 0.1) is 22.7 Å². The first kappa shape index (κ1) is 22.7. The number of amides is 1. The minimum Gasteiger partial charge on any atom is -0.339 e. The fourth-order valence-corrected chi connectivity index (χ4v) is 5.80. The second kappa shape index (κ2) is 9.62. The standard InChI is InChI=1S/C26H29N5O2S/c1-3-20-13-9-10-16-29(20)23(32)18(2)34-26-28-27-25-30(17-19-11-5-4-6-12-19)24(33)21-14-7-8-15-22(21)31(25)26/h4-8,11-12,14-15,18,20H,3,9-10,13,16-17H2,1-2H3. The van der Waals surface area contributed by atoms with Gasteiger partial charge in [0.2, 0.25) is 11.7 Å². The van der Waals surface area contributed by atoms with Gasteiger partial charge in [-0.1, -0.05) is 61.2 Å². The molecular formula is C26H29N5O2S. The average Bonchev–Trinajstić information content (AvgIpc) is 3.30. The minimum atomic E-state index is -0.298. The summed E-state index contributed by atoms with van der Waals surface area (Å²) in [5, 5.41) is 9.78. The average molecular weight is 476 g/mol. The van der Waals surface area contributed by atoms with Crippen molar-refractivity contribution in [3.8, 4) is 0 Å². The maximum Gasteiger partial charge on any atom is 0.263 e. The van der Waals surface area contributed by atoms with Gasteiger partial charge >= 0.3 is 0 Å². The van der Waals surface area contributed by atoms with Crippen LogP contribution in [-0.2, 0) is 11.3 Å². The van der Waals surface area contributed by atoms with Gasteiger partial charge in [-0.15, -0.1) is 10.2 Å². The Morgan fingerprint density at radius 2 is 1.85 bits per heavy atom. The Hall–Kier alpha value is -3.13. The van der Waals surface area contributed by atoms with E-state index in [1.165, 1.54) is 18.2 Å². The zero-order chi connectivity index (χ0) is 23.7. The molecule has 4 aromatic rings. The quantitative estimate of drug-likeness (QED) is 0.388. The highest BCUT2D eigenvalue weighted by Gasteiger charge is 2.30. The third-order valence-electron chi connectivity index (χ3n) is 6.67. The molecule has 1 aliphatic heterocycles. The molecule has 34 heavy (non-hydrogen) atoms. The number of likely N-dealkylation sites (tertiary alicyclic amines) is 1. The van der Waals surface area contributed by atoms with Crippen LogP contribution in [0.3, 0.4) is 0 Å². The molecule has 2 atom stereocenters. The van der Waals surface area contributed by atoms with E-state index in [0.29, 0.717) is 28.9 Å². The smallest absolute Gasteiger partial charge is 0.263 e. The number of piperidine rings is 1. The van der Waals surface area contributed by atoms with E-state index in [1.807, 2.05) is 70.8 Å². The van der Waals surface area contributed by atoms with Gasteiger partial charge < -0.3 is 4.90 Å². The van der Waals surface area contributed by atoms with Crippen molar-refractivity contribution < 1.29 is 4.79 Å². The number of rotatable bonds is 6. The van der Waals surface area contributed by atoms with Crippen LogP contribution >= 0.6 is 11.8 Å². The zero-order valence-electron chi connectivity index (χ0n) is 19.6. The third kappa shape index (κ3) is 4.11. The second-order valence-corrected chi connectivity index (χ2v) is 10.2. The molecule has 2 aromatic heterocycles. The number of aromatic nitrogens is 4. The number of thioether (sulfide) groups is 1. The van der Waals surface area contributed by atoms with Gasteiger partial charge in [-0.25, -0.2) is 0 Å². The second-order valence-electron chi connectivity index (χ2n) is 8.86. The fourth-order valence-electron chi connectivity index (χ4n) is 4.88. The SMILES string of the molecule is CCC1CCCCN1C(=O)C(C)Sc1nnc2n(Cc3ccccc3)c(=O)c3ccccc3n12. The van der Waals surface area contributed by atoms with Crippen LogP contribution in [0.5, 0.6) is 0 Å². The molecule has 1 amide bonds.